The van der Waals surface area contributed by atoms with Crippen LogP contribution in [0.5, 0.6) is 0 Å². The quantitative estimate of drug-likeness (QED) is 0.818. The Morgan fingerprint density at radius 1 is 1.04 bits per heavy atom. The predicted octanol–water partition coefficient (Wildman–Crippen LogP) is 2.57. The molecule has 0 aliphatic heterocycles. The summed E-state index contributed by atoms with van der Waals surface area (Å²) in [5.41, 5.74) is 6.22. The van der Waals surface area contributed by atoms with Crippen LogP contribution < -0.4 is 11.1 Å². The van der Waals surface area contributed by atoms with E-state index >= 15 is 0 Å². The molecule has 4 nitrogen and oxygen atoms in total. The van der Waals surface area contributed by atoms with E-state index in [1.807, 2.05) is 30.3 Å². The first kappa shape index (κ1) is 17.6. The fraction of sp³-hybridized carbons (Fsp3) is 0.222. The molecule has 2 amide bonds. The zero-order chi connectivity index (χ0) is 17.5. The Kier molecular flexibility index (Phi) is 6.01. The number of hydrogen-bond donors (Lipinski definition) is 2. The molecule has 6 heteroatoms. The molecule has 24 heavy (non-hydrogen) atoms. The van der Waals surface area contributed by atoms with Crippen LogP contribution in [0.3, 0.4) is 0 Å². The molecule has 1 atom stereocenters. The van der Waals surface area contributed by atoms with E-state index in [2.05, 4.69) is 5.32 Å². The average Bonchev–Trinajstić information content (AvgIpc) is 2.53. The maximum atomic E-state index is 13.2. The largest absolute Gasteiger partial charge is 0.368 e. The average molecular weight is 332 g/mol. The van der Waals surface area contributed by atoms with Crippen LogP contribution >= 0.6 is 0 Å². The fourth-order valence-electron chi connectivity index (χ4n) is 2.37. The van der Waals surface area contributed by atoms with Crippen LogP contribution in [0.15, 0.2) is 48.5 Å². The van der Waals surface area contributed by atoms with Crippen molar-refractivity contribution in [1.29, 1.82) is 0 Å². The van der Waals surface area contributed by atoms with Gasteiger partial charge in [0, 0.05) is 11.6 Å². The van der Waals surface area contributed by atoms with E-state index in [1.54, 1.807) is 0 Å². The number of halogens is 2. The van der Waals surface area contributed by atoms with Crippen LogP contribution in [-0.2, 0) is 11.2 Å². The number of benzene rings is 2. The number of carbonyl (C=O) groups is 2. The van der Waals surface area contributed by atoms with E-state index in [1.165, 1.54) is 0 Å². The molecule has 0 aliphatic carbocycles. The molecule has 0 heterocycles. The summed E-state index contributed by atoms with van der Waals surface area (Å²) < 4.78 is 26.3. The zero-order valence-electron chi connectivity index (χ0n) is 13.0. The first-order valence-corrected chi connectivity index (χ1v) is 7.56. The monoisotopic (exact) mass is 332 g/mol. The molecule has 0 unspecified atom stereocenters. The van der Waals surface area contributed by atoms with Gasteiger partial charge in [-0.15, -0.1) is 0 Å². The number of hydrogen-bond acceptors (Lipinski definition) is 2. The van der Waals surface area contributed by atoms with Gasteiger partial charge in [0.25, 0.3) is 5.91 Å². The van der Waals surface area contributed by atoms with Gasteiger partial charge in [-0.2, -0.15) is 0 Å². The lowest BCUT2D eigenvalue weighted by atomic mass is 10.0. The van der Waals surface area contributed by atoms with Crippen molar-refractivity contribution in [2.24, 2.45) is 5.73 Å². The summed E-state index contributed by atoms with van der Waals surface area (Å²) in [6, 6.07) is 11.3. The second-order valence-corrected chi connectivity index (χ2v) is 5.46. The Labute approximate surface area is 138 Å². The highest BCUT2D eigenvalue weighted by atomic mass is 19.1. The van der Waals surface area contributed by atoms with E-state index in [0.717, 1.165) is 24.1 Å². The normalized spacial score (nSPS) is 11.8. The summed E-state index contributed by atoms with van der Waals surface area (Å²) in [6.45, 7) is 0. The van der Waals surface area contributed by atoms with Crippen molar-refractivity contribution in [2.45, 2.75) is 25.3 Å². The van der Waals surface area contributed by atoms with Crippen LogP contribution in [0.2, 0.25) is 0 Å². The number of nitrogens with one attached hydrogen (secondary N) is 1. The maximum Gasteiger partial charge on any atom is 0.252 e. The first-order chi connectivity index (χ1) is 11.5. The van der Waals surface area contributed by atoms with Gasteiger partial charge in [-0.3, -0.25) is 9.59 Å². The summed E-state index contributed by atoms with van der Waals surface area (Å²) in [5.74, 6) is -3.15. The molecule has 0 radical (unpaired) electrons. The minimum atomic E-state index is -0.896. The first-order valence-electron chi connectivity index (χ1n) is 7.56. The van der Waals surface area contributed by atoms with Crippen LogP contribution in [-0.4, -0.2) is 17.9 Å². The second kappa shape index (κ2) is 8.19. The summed E-state index contributed by atoms with van der Waals surface area (Å²) in [5, 5.41) is 2.43. The molecule has 2 aromatic carbocycles. The predicted molar refractivity (Wildman–Crippen MR) is 86.2 cm³/mol. The second-order valence-electron chi connectivity index (χ2n) is 5.46. The smallest absolute Gasteiger partial charge is 0.252 e. The van der Waals surface area contributed by atoms with Crippen molar-refractivity contribution in [3.8, 4) is 0 Å². The maximum absolute atomic E-state index is 13.2. The van der Waals surface area contributed by atoms with Crippen molar-refractivity contribution in [1.82, 2.24) is 5.32 Å². The Balaban J connectivity index is 1.95. The number of amides is 2. The highest BCUT2D eigenvalue weighted by Crippen LogP contribution is 2.10. The lowest BCUT2D eigenvalue weighted by Crippen LogP contribution is -2.44. The summed E-state index contributed by atoms with van der Waals surface area (Å²) in [7, 11) is 0. The number of primary amides is 1. The van der Waals surface area contributed by atoms with Gasteiger partial charge in [-0.25, -0.2) is 8.78 Å². The van der Waals surface area contributed by atoms with Gasteiger partial charge in [0.15, 0.2) is 0 Å². The van der Waals surface area contributed by atoms with Gasteiger partial charge < -0.3 is 11.1 Å². The summed E-state index contributed by atoms with van der Waals surface area (Å²) >= 11 is 0. The zero-order valence-corrected chi connectivity index (χ0v) is 13.0. The molecule has 0 spiro atoms. The molecule has 126 valence electrons. The van der Waals surface area contributed by atoms with Gasteiger partial charge in [-0.05, 0) is 37.0 Å². The standard InChI is InChI=1S/C18H18F2N2O2/c19-14-9-13(10-15(20)11-14)18(24)22-16(17(21)23)8-4-7-12-5-2-1-3-6-12/h1-3,5-6,9-11,16H,4,7-8H2,(H2,21,23)(H,22,24)/t16-/m1/s1. The van der Waals surface area contributed by atoms with Crippen molar-refractivity contribution >= 4 is 11.8 Å². The van der Waals surface area contributed by atoms with Crippen molar-refractivity contribution < 1.29 is 18.4 Å². The molecule has 0 saturated carbocycles. The molecule has 0 saturated heterocycles. The molecular formula is C18H18F2N2O2. The number of carbonyl (C=O) groups excluding carboxylic acids is 2. The van der Waals surface area contributed by atoms with Gasteiger partial charge in [0.2, 0.25) is 5.91 Å². The molecule has 0 aliphatic rings. The van der Waals surface area contributed by atoms with Crippen LogP contribution in [0.25, 0.3) is 0 Å². The lowest BCUT2D eigenvalue weighted by Gasteiger charge is -2.15. The van der Waals surface area contributed by atoms with E-state index < -0.39 is 29.5 Å². The third-order valence-corrected chi connectivity index (χ3v) is 3.57. The van der Waals surface area contributed by atoms with E-state index in [0.29, 0.717) is 18.9 Å². The number of aryl methyl sites for hydroxylation is 1. The Morgan fingerprint density at radius 3 is 2.25 bits per heavy atom. The van der Waals surface area contributed by atoms with Crippen LogP contribution in [0.4, 0.5) is 8.78 Å². The molecule has 0 fully saturated rings. The van der Waals surface area contributed by atoms with Crippen molar-refractivity contribution in [3.05, 3.63) is 71.3 Å². The fourth-order valence-corrected chi connectivity index (χ4v) is 2.37. The van der Waals surface area contributed by atoms with E-state index in [4.69, 9.17) is 5.73 Å². The van der Waals surface area contributed by atoms with Gasteiger partial charge in [0.05, 0.1) is 0 Å². The number of rotatable bonds is 7. The minimum absolute atomic E-state index is 0.193. The summed E-state index contributed by atoms with van der Waals surface area (Å²) in [4.78, 5) is 23.5. The Hall–Kier alpha value is -2.76. The molecule has 0 bridgehead atoms. The molecule has 3 N–H and O–H groups in total. The van der Waals surface area contributed by atoms with Gasteiger partial charge in [0.1, 0.15) is 17.7 Å². The van der Waals surface area contributed by atoms with E-state index in [9.17, 15) is 18.4 Å². The van der Waals surface area contributed by atoms with Crippen molar-refractivity contribution in [2.75, 3.05) is 0 Å². The highest BCUT2D eigenvalue weighted by molar-refractivity contribution is 5.97. The molecular weight excluding hydrogens is 314 g/mol. The SMILES string of the molecule is NC(=O)[C@@H](CCCc1ccccc1)NC(=O)c1cc(F)cc(F)c1. The number of nitrogens with two attached hydrogens (primary N) is 1. The third kappa shape index (κ3) is 5.15. The molecule has 0 aromatic heterocycles. The van der Waals surface area contributed by atoms with Crippen LogP contribution in [0.1, 0.15) is 28.8 Å². The third-order valence-electron chi connectivity index (χ3n) is 3.57. The lowest BCUT2D eigenvalue weighted by molar-refractivity contribution is -0.120. The van der Waals surface area contributed by atoms with Gasteiger partial charge >= 0.3 is 0 Å². The topological polar surface area (TPSA) is 72.2 Å². The van der Waals surface area contributed by atoms with E-state index in [-0.39, 0.29) is 5.56 Å². The Bertz CT molecular complexity index is 700. The molecule has 2 rings (SSSR count). The van der Waals surface area contributed by atoms with Crippen LogP contribution in [0, 0.1) is 11.6 Å². The summed E-state index contributed by atoms with van der Waals surface area (Å²) in [6.07, 6.45) is 1.71. The van der Waals surface area contributed by atoms with Gasteiger partial charge in [-0.1, -0.05) is 30.3 Å². The van der Waals surface area contributed by atoms with Crippen molar-refractivity contribution in [3.63, 3.8) is 0 Å². The highest BCUT2D eigenvalue weighted by Gasteiger charge is 2.19. The Morgan fingerprint density at radius 2 is 1.67 bits per heavy atom. The molecule has 2 aromatic rings. The minimum Gasteiger partial charge on any atom is -0.368 e.